The second-order valence-electron chi connectivity index (χ2n) is 4.66. The van der Waals surface area contributed by atoms with E-state index in [1.807, 2.05) is 0 Å². The molecule has 0 spiro atoms. The summed E-state index contributed by atoms with van der Waals surface area (Å²) in [5.74, 6) is 0. The van der Waals surface area contributed by atoms with Crippen molar-refractivity contribution in [3.63, 3.8) is 0 Å². The Kier molecular flexibility index (Phi) is 8.47. The van der Waals surface area contributed by atoms with Crippen molar-refractivity contribution in [1.29, 1.82) is 0 Å². The molecule has 0 aliphatic heterocycles. The number of hydrogen-bond acceptors (Lipinski definition) is 2. The summed E-state index contributed by atoms with van der Waals surface area (Å²) >= 11 is 11.7. The van der Waals surface area contributed by atoms with E-state index in [2.05, 4.69) is 12.2 Å². The molecule has 0 bridgehead atoms. The molecule has 0 radical (unpaired) electrons. The quantitative estimate of drug-likeness (QED) is 0.606. The van der Waals surface area contributed by atoms with Crippen LogP contribution in [0.15, 0.2) is 18.2 Å². The Balaban J connectivity index is 2.15. The van der Waals surface area contributed by atoms with Crippen molar-refractivity contribution in [1.82, 2.24) is 0 Å². The molecule has 5 heteroatoms. The minimum Gasteiger partial charge on any atom is -0.449 e. The van der Waals surface area contributed by atoms with Crippen LogP contribution in [0.5, 0.6) is 0 Å². The molecule has 0 heterocycles. The van der Waals surface area contributed by atoms with Gasteiger partial charge in [-0.15, -0.1) is 0 Å². The number of unbranched alkanes of at least 4 members (excludes halogenated alkanes) is 5. The van der Waals surface area contributed by atoms with Crippen LogP contribution in [0.1, 0.15) is 45.4 Å². The zero-order valence-electron chi connectivity index (χ0n) is 11.8. The zero-order chi connectivity index (χ0) is 14.8. The van der Waals surface area contributed by atoms with Gasteiger partial charge in [-0.1, -0.05) is 62.2 Å². The van der Waals surface area contributed by atoms with Crippen LogP contribution >= 0.6 is 23.2 Å². The SMILES string of the molecule is CCCCCCCCOC(=O)Nc1ccc(Cl)c(Cl)c1. The van der Waals surface area contributed by atoms with E-state index in [0.29, 0.717) is 22.3 Å². The Morgan fingerprint density at radius 2 is 1.80 bits per heavy atom. The van der Waals surface area contributed by atoms with Gasteiger partial charge in [0, 0.05) is 5.69 Å². The lowest BCUT2D eigenvalue weighted by Gasteiger charge is -2.07. The highest BCUT2D eigenvalue weighted by molar-refractivity contribution is 6.42. The van der Waals surface area contributed by atoms with Crippen molar-refractivity contribution in [3.8, 4) is 0 Å². The van der Waals surface area contributed by atoms with E-state index in [4.69, 9.17) is 27.9 Å². The number of anilines is 1. The van der Waals surface area contributed by atoms with Gasteiger partial charge in [-0.3, -0.25) is 5.32 Å². The predicted molar refractivity (Wildman–Crippen MR) is 84.8 cm³/mol. The average molecular weight is 318 g/mol. The third-order valence-corrected chi connectivity index (χ3v) is 3.64. The molecule has 3 nitrogen and oxygen atoms in total. The Labute approximate surface area is 130 Å². The van der Waals surface area contributed by atoms with Crippen LogP contribution in [-0.2, 0) is 4.74 Å². The van der Waals surface area contributed by atoms with Crippen molar-refractivity contribution in [2.24, 2.45) is 0 Å². The van der Waals surface area contributed by atoms with Gasteiger partial charge >= 0.3 is 6.09 Å². The molecule has 0 saturated carbocycles. The predicted octanol–water partition coefficient (Wildman–Crippen LogP) is 5.90. The lowest BCUT2D eigenvalue weighted by molar-refractivity contribution is 0.159. The first kappa shape index (κ1) is 17.1. The van der Waals surface area contributed by atoms with E-state index >= 15 is 0 Å². The van der Waals surface area contributed by atoms with Gasteiger partial charge in [-0.2, -0.15) is 0 Å². The van der Waals surface area contributed by atoms with Crippen LogP contribution in [0, 0.1) is 0 Å². The number of benzene rings is 1. The number of halogens is 2. The Morgan fingerprint density at radius 1 is 1.10 bits per heavy atom. The van der Waals surface area contributed by atoms with E-state index in [1.165, 1.54) is 25.7 Å². The summed E-state index contributed by atoms with van der Waals surface area (Å²) in [5, 5.41) is 3.48. The molecule has 0 aromatic heterocycles. The second kappa shape index (κ2) is 9.89. The minimum atomic E-state index is -0.461. The molecule has 1 aromatic carbocycles. The topological polar surface area (TPSA) is 38.3 Å². The number of hydrogen-bond donors (Lipinski definition) is 1. The van der Waals surface area contributed by atoms with Gasteiger partial charge in [0.1, 0.15) is 0 Å². The summed E-state index contributed by atoms with van der Waals surface area (Å²) in [4.78, 5) is 11.5. The fourth-order valence-electron chi connectivity index (χ4n) is 1.78. The molecule has 1 rings (SSSR count). The monoisotopic (exact) mass is 317 g/mol. The molecule has 0 aliphatic rings. The lowest BCUT2D eigenvalue weighted by Crippen LogP contribution is -2.14. The summed E-state index contributed by atoms with van der Waals surface area (Å²) in [6.07, 6.45) is 6.51. The molecule has 112 valence electrons. The molecule has 0 saturated heterocycles. The minimum absolute atomic E-state index is 0.403. The van der Waals surface area contributed by atoms with Gasteiger partial charge < -0.3 is 4.74 Å². The van der Waals surface area contributed by atoms with Crippen LogP contribution < -0.4 is 5.32 Å². The summed E-state index contributed by atoms with van der Waals surface area (Å²) in [6, 6.07) is 4.91. The van der Waals surface area contributed by atoms with Gasteiger partial charge in [-0.25, -0.2) is 4.79 Å². The first-order chi connectivity index (χ1) is 9.63. The van der Waals surface area contributed by atoms with Crippen molar-refractivity contribution in [3.05, 3.63) is 28.2 Å². The van der Waals surface area contributed by atoms with E-state index in [0.717, 1.165) is 12.8 Å². The van der Waals surface area contributed by atoms with Crippen LogP contribution in [0.4, 0.5) is 10.5 Å². The molecule has 1 aromatic rings. The largest absolute Gasteiger partial charge is 0.449 e. The van der Waals surface area contributed by atoms with Gasteiger partial charge in [-0.05, 0) is 24.6 Å². The van der Waals surface area contributed by atoms with E-state index in [1.54, 1.807) is 18.2 Å². The van der Waals surface area contributed by atoms with Crippen LogP contribution in [0.3, 0.4) is 0 Å². The molecule has 0 fully saturated rings. The maximum absolute atomic E-state index is 11.5. The van der Waals surface area contributed by atoms with Crippen LogP contribution in [-0.4, -0.2) is 12.7 Å². The smallest absolute Gasteiger partial charge is 0.411 e. The lowest BCUT2D eigenvalue weighted by atomic mass is 10.1. The standard InChI is InChI=1S/C15H21Cl2NO2/c1-2-3-4-5-6-7-10-20-15(19)18-12-8-9-13(16)14(17)11-12/h8-9,11H,2-7,10H2,1H3,(H,18,19). The highest BCUT2D eigenvalue weighted by Crippen LogP contribution is 2.25. The maximum atomic E-state index is 11.5. The summed E-state index contributed by atoms with van der Waals surface area (Å²) in [5.41, 5.74) is 0.576. The number of carbonyl (C=O) groups is 1. The molecule has 1 amide bonds. The van der Waals surface area contributed by atoms with Crippen LogP contribution in [0.25, 0.3) is 0 Å². The molecule has 1 N–H and O–H groups in total. The average Bonchev–Trinajstić information content (AvgIpc) is 2.42. The number of carbonyl (C=O) groups excluding carboxylic acids is 1. The third kappa shape index (κ3) is 7.01. The Morgan fingerprint density at radius 3 is 2.50 bits per heavy atom. The third-order valence-electron chi connectivity index (χ3n) is 2.90. The van der Waals surface area contributed by atoms with E-state index < -0.39 is 6.09 Å². The fraction of sp³-hybridized carbons (Fsp3) is 0.533. The van der Waals surface area contributed by atoms with E-state index in [9.17, 15) is 4.79 Å². The van der Waals surface area contributed by atoms with E-state index in [-0.39, 0.29) is 0 Å². The first-order valence-electron chi connectivity index (χ1n) is 7.02. The number of rotatable bonds is 8. The summed E-state index contributed by atoms with van der Waals surface area (Å²) < 4.78 is 5.10. The van der Waals surface area contributed by atoms with Gasteiger partial charge in [0.05, 0.1) is 16.7 Å². The summed E-state index contributed by atoms with van der Waals surface area (Å²) in [7, 11) is 0. The normalized spacial score (nSPS) is 10.3. The first-order valence-corrected chi connectivity index (χ1v) is 7.78. The maximum Gasteiger partial charge on any atom is 0.411 e. The number of ether oxygens (including phenoxy) is 1. The highest BCUT2D eigenvalue weighted by atomic mass is 35.5. The molecule has 0 aliphatic carbocycles. The second-order valence-corrected chi connectivity index (χ2v) is 5.47. The molecule has 0 atom stereocenters. The van der Waals surface area contributed by atoms with Crippen LogP contribution in [0.2, 0.25) is 10.0 Å². The van der Waals surface area contributed by atoms with Crippen molar-refractivity contribution in [2.45, 2.75) is 45.4 Å². The van der Waals surface area contributed by atoms with Gasteiger partial charge in [0.15, 0.2) is 0 Å². The van der Waals surface area contributed by atoms with Crippen molar-refractivity contribution in [2.75, 3.05) is 11.9 Å². The van der Waals surface area contributed by atoms with Crippen molar-refractivity contribution < 1.29 is 9.53 Å². The molecular formula is C15H21Cl2NO2. The number of nitrogens with one attached hydrogen (secondary N) is 1. The Bertz CT molecular complexity index is 424. The van der Waals surface area contributed by atoms with Gasteiger partial charge in [0.2, 0.25) is 0 Å². The number of amides is 1. The summed E-state index contributed by atoms with van der Waals surface area (Å²) in [6.45, 7) is 2.63. The highest BCUT2D eigenvalue weighted by Gasteiger charge is 2.05. The van der Waals surface area contributed by atoms with Crippen molar-refractivity contribution >= 4 is 35.0 Å². The molecule has 0 unspecified atom stereocenters. The zero-order valence-corrected chi connectivity index (χ0v) is 13.3. The fourth-order valence-corrected chi connectivity index (χ4v) is 2.07. The molecule has 20 heavy (non-hydrogen) atoms. The molecular weight excluding hydrogens is 297 g/mol. The van der Waals surface area contributed by atoms with Gasteiger partial charge in [0.25, 0.3) is 0 Å². The Hall–Kier alpha value is -0.930.